The SMILES string of the molecule is CCCCCCCCCCCCCCCCCCN(C)CCCC([P+](=O)O)P(=O)(O)O. The highest BCUT2D eigenvalue weighted by atomic mass is 31.2. The summed E-state index contributed by atoms with van der Waals surface area (Å²) in [5.74, 6) is 0. The van der Waals surface area contributed by atoms with Crippen molar-refractivity contribution in [3.8, 4) is 0 Å². The van der Waals surface area contributed by atoms with Crippen molar-refractivity contribution < 1.29 is 23.8 Å². The Balaban J connectivity index is 3.40. The molecule has 2 atom stereocenters. The fourth-order valence-electron chi connectivity index (χ4n) is 3.99. The molecule has 0 aromatic rings. The first-order valence-electron chi connectivity index (χ1n) is 12.7. The summed E-state index contributed by atoms with van der Waals surface area (Å²) >= 11 is 0. The van der Waals surface area contributed by atoms with E-state index in [1.165, 1.54) is 96.3 Å². The summed E-state index contributed by atoms with van der Waals surface area (Å²) < 4.78 is 22.3. The van der Waals surface area contributed by atoms with Crippen LogP contribution in [0.2, 0.25) is 0 Å². The Labute approximate surface area is 192 Å². The lowest BCUT2D eigenvalue weighted by molar-refractivity contribution is 0.312. The summed E-state index contributed by atoms with van der Waals surface area (Å²) in [5, 5.41) is -1.42. The Hall–Kier alpha value is 0.170. The van der Waals surface area contributed by atoms with Gasteiger partial charge in [0.2, 0.25) is 0 Å². The van der Waals surface area contributed by atoms with Crippen LogP contribution in [0, 0.1) is 0 Å². The van der Waals surface area contributed by atoms with E-state index >= 15 is 0 Å². The van der Waals surface area contributed by atoms with Gasteiger partial charge in [-0.3, -0.25) is 4.57 Å². The monoisotopic (exact) mass is 482 g/mol. The quantitative estimate of drug-likeness (QED) is 0.105. The molecule has 0 fully saturated rings. The third-order valence-electron chi connectivity index (χ3n) is 6.04. The van der Waals surface area contributed by atoms with E-state index in [4.69, 9.17) is 14.7 Å². The van der Waals surface area contributed by atoms with E-state index in [0.29, 0.717) is 13.0 Å². The van der Waals surface area contributed by atoms with E-state index < -0.39 is 21.0 Å². The standard InChI is InChI=1S/C23H49NO5P2/c1-3-4-5-6-7-8-9-10-11-12-13-14-15-16-17-18-21-24(2)22-19-20-23(30(25)26)31(27,28)29/h23H,3-22H2,1-2H3,(H2-,25,26,27,28,29)/p+1. The molecule has 0 aromatic heterocycles. The Morgan fingerprint density at radius 2 is 1.06 bits per heavy atom. The number of hydrogen-bond acceptors (Lipinski definition) is 3. The first kappa shape index (κ1) is 31.2. The predicted octanol–water partition coefficient (Wildman–Crippen LogP) is 7.20. The molecule has 31 heavy (non-hydrogen) atoms. The lowest BCUT2D eigenvalue weighted by Gasteiger charge is -2.16. The van der Waals surface area contributed by atoms with Crippen LogP contribution in [-0.2, 0) is 9.13 Å². The van der Waals surface area contributed by atoms with Crippen LogP contribution >= 0.6 is 15.6 Å². The predicted molar refractivity (Wildman–Crippen MR) is 132 cm³/mol. The summed E-state index contributed by atoms with van der Waals surface area (Å²) in [7, 11) is -5.35. The average Bonchev–Trinajstić information content (AvgIpc) is 2.69. The molecular weight excluding hydrogens is 432 g/mol. The number of nitrogens with zero attached hydrogens (tertiary/aromatic N) is 1. The zero-order valence-corrected chi connectivity index (χ0v) is 22.0. The molecule has 0 saturated heterocycles. The molecule has 0 amide bonds. The van der Waals surface area contributed by atoms with E-state index in [1.54, 1.807) is 0 Å². The Morgan fingerprint density at radius 1 is 0.710 bits per heavy atom. The highest BCUT2D eigenvalue weighted by Crippen LogP contribution is 2.53. The summed E-state index contributed by atoms with van der Waals surface area (Å²) in [4.78, 5) is 29.5. The molecule has 8 heteroatoms. The van der Waals surface area contributed by atoms with E-state index in [9.17, 15) is 9.13 Å². The van der Waals surface area contributed by atoms with Gasteiger partial charge in [-0.25, -0.2) is 0 Å². The first-order chi connectivity index (χ1) is 14.8. The second-order valence-electron chi connectivity index (χ2n) is 9.12. The van der Waals surface area contributed by atoms with Gasteiger partial charge in [0.25, 0.3) is 5.40 Å². The van der Waals surface area contributed by atoms with Gasteiger partial charge in [0.05, 0.1) is 0 Å². The van der Waals surface area contributed by atoms with Crippen molar-refractivity contribution >= 4 is 15.6 Å². The van der Waals surface area contributed by atoms with E-state index in [2.05, 4.69) is 11.8 Å². The van der Waals surface area contributed by atoms with E-state index in [1.807, 2.05) is 7.05 Å². The zero-order chi connectivity index (χ0) is 23.4. The van der Waals surface area contributed by atoms with Gasteiger partial charge in [0, 0.05) is 6.42 Å². The molecule has 0 bridgehead atoms. The van der Waals surface area contributed by atoms with Crippen LogP contribution in [0.1, 0.15) is 122 Å². The van der Waals surface area contributed by atoms with Crippen LogP contribution in [0.4, 0.5) is 0 Å². The molecule has 0 spiro atoms. The minimum Gasteiger partial charge on any atom is -0.321 e. The van der Waals surface area contributed by atoms with Crippen molar-refractivity contribution in [3.63, 3.8) is 0 Å². The Morgan fingerprint density at radius 3 is 1.42 bits per heavy atom. The summed E-state index contributed by atoms with van der Waals surface area (Å²) in [5.41, 5.74) is 0. The van der Waals surface area contributed by atoms with Crippen LogP contribution in [0.15, 0.2) is 0 Å². The zero-order valence-electron chi connectivity index (χ0n) is 20.2. The van der Waals surface area contributed by atoms with Crippen molar-refractivity contribution in [2.24, 2.45) is 0 Å². The molecule has 0 aromatic carbocycles. The summed E-state index contributed by atoms with van der Waals surface area (Å²) in [6.45, 7) is 3.92. The van der Waals surface area contributed by atoms with Gasteiger partial charge in [-0.15, -0.1) is 0 Å². The Kier molecular flexibility index (Phi) is 20.9. The topological polar surface area (TPSA) is 98.1 Å². The average molecular weight is 483 g/mol. The van der Waals surface area contributed by atoms with Crippen molar-refractivity contribution in [2.45, 2.75) is 128 Å². The second-order valence-corrected chi connectivity index (χ2v) is 12.6. The molecule has 186 valence electrons. The van der Waals surface area contributed by atoms with Crippen molar-refractivity contribution in [2.75, 3.05) is 20.1 Å². The minimum atomic E-state index is -4.50. The molecule has 2 unspecified atom stereocenters. The van der Waals surface area contributed by atoms with Gasteiger partial charge in [0.15, 0.2) is 0 Å². The molecule has 0 rings (SSSR count). The van der Waals surface area contributed by atoms with Gasteiger partial charge < -0.3 is 14.7 Å². The smallest absolute Gasteiger partial charge is 0.321 e. The molecule has 0 radical (unpaired) electrons. The van der Waals surface area contributed by atoms with Crippen molar-refractivity contribution in [1.29, 1.82) is 0 Å². The van der Waals surface area contributed by atoms with Crippen LogP contribution in [0.3, 0.4) is 0 Å². The minimum absolute atomic E-state index is 0.0826. The fraction of sp³-hybridized carbons (Fsp3) is 1.00. The van der Waals surface area contributed by atoms with Gasteiger partial charge in [0.1, 0.15) is 0 Å². The number of hydrogen-bond donors (Lipinski definition) is 3. The lowest BCUT2D eigenvalue weighted by atomic mass is 10.0. The molecule has 0 saturated carbocycles. The van der Waals surface area contributed by atoms with Crippen LogP contribution in [0.5, 0.6) is 0 Å². The van der Waals surface area contributed by atoms with Gasteiger partial charge >= 0.3 is 15.6 Å². The highest BCUT2D eigenvalue weighted by Gasteiger charge is 2.44. The molecule has 6 nitrogen and oxygen atoms in total. The van der Waals surface area contributed by atoms with Crippen molar-refractivity contribution in [3.05, 3.63) is 0 Å². The van der Waals surface area contributed by atoms with Crippen molar-refractivity contribution in [1.82, 2.24) is 4.90 Å². The maximum Gasteiger partial charge on any atom is 0.521 e. The molecule has 0 heterocycles. The Bertz CT molecular complexity index is 473. The van der Waals surface area contributed by atoms with Crippen LogP contribution < -0.4 is 0 Å². The molecule has 3 N–H and O–H groups in total. The second kappa shape index (κ2) is 20.8. The molecular formula is C23H50NO5P2+. The van der Waals surface area contributed by atoms with E-state index in [-0.39, 0.29) is 6.42 Å². The summed E-state index contributed by atoms with van der Waals surface area (Å²) in [6, 6.07) is 0. The fourth-order valence-corrected chi connectivity index (χ4v) is 5.94. The number of rotatable bonds is 23. The summed E-state index contributed by atoms with van der Waals surface area (Å²) in [6.07, 6.45) is 22.3. The van der Waals surface area contributed by atoms with Gasteiger partial charge in [-0.05, 0) is 37.5 Å². The molecule has 0 aliphatic heterocycles. The molecule has 0 aliphatic carbocycles. The maximum absolute atomic E-state index is 11.2. The number of unbranched alkanes of at least 4 members (excludes halogenated alkanes) is 15. The lowest BCUT2D eigenvalue weighted by Crippen LogP contribution is -2.21. The van der Waals surface area contributed by atoms with Gasteiger partial charge in [-0.2, -0.15) is 4.89 Å². The highest BCUT2D eigenvalue weighted by molar-refractivity contribution is 7.65. The third-order valence-corrected chi connectivity index (χ3v) is 9.34. The van der Waals surface area contributed by atoms with Gasteiger partial charge in [-0.1, -0.05) is 103 Å². The normalized spacial score (nSPS) is 13.7. The van der Waals surface area contributed by atoms with Crippen LogP contribution in [-0.4, -0.2) is 45.1 Å². The third kappa shape index (κ3) is 20.5. The molecule has 0 aliphatic rings. The van der Waals surface area contributed by atoms with Crippen LogP contribution in [0.25, 0.3) is 0 Å². The first-order valence-corrected chi connectivity index (χ1v) is 15.6. The van der Waals surface area contributed by atoms with E-state index in [0.717, 1.165) is 13.0 Å². The maximum atomic E-state index is 11.2. The largest absolute Gasteiger partial charge is 0.521 e.